The van der Waals surface area contributed by atoms with E-state index in [9.17, 15) is 4.39 Å². The third kappa shape index (κ3) is 1.89. The predicted molar refractivity (Wildman–Crippen MR) is 68.3 cm³/mol. The zero-order chi connectivity index (χ0) is 12.8. The summed E-state index contributed by atoms with van der Waals surface area (Å²) in [6.45, 7) is 2.01. The summed E-state index contributed by atoms with van der Waals surface area (Å²) in [5.41, 5.74) is 0.838. The molecule has 2 unspecified atom stereocenters. The molecule has 1 fully saturated rings. The van der Waals surface area contributed by atoms with E-state index < -0.39 is 0 Å². The SMILES string of the molecule is CNC1CC2(CCN(C)C2)Oc2ccc(F)cc21. The Kier molecular flexibility index (Phi) is 2.79. The van der Waals surface area contributed by atoms with Gasteiger partial charge in [-0.25, -0.2) is 4.39 Å². The van der Waals surface area contributed by atoms with E-state index in [1.807, 2.05) is 7.05 Å². The van der Waals surface area contributed by atoms with E-state index >= 15 is 0 Å². The lowest BCUT2D eigenvalue weighted by Gasteiger charge is -2.39. The minimum absolute atomic E-state index is 0.104. The minimum Gasteiger partial charge on any atom is -0.485 e. The predicted octanol–water partition coefficient (Wildman–Crippen LogP) is 1.94. The molecule has 4 heteroatoms. The maximum Gasteiger partial charge on any atom is 0.125 e. The van der Waals surface area contributed by atoms with Gasteiger partial charge in [0.15, 0.2) is 0 Å². The third-order valence-corrected chi connectivity index (χ3v) is 4.11. The van der Waals surface area contributed by atoms with Crippen LogP contribution in [-0.2, 0) is 0 Å². The lowest BCUT2D eigenvalue weighted by atomic mass is 9.86. The molecule has 3 rings (SSSR count). The fourth-order valence-electron chi connectivity index (χ4n) is 3.19. The second-order valence-electron chi connectivity index (χ2n) is 5.50. The molecule has 18 heavy (non-hydrogen) atoms. The number of likely N-dealkylation sites (N-methyl/N-ethyl adjacent to an activating group) is 1. The molecule has 0 aliphatic carbocycles. The van der Waals surface area contributed by atoms with E-state index in [2.05, 4.69) is 17.3 Å². The first kappa shape index (κ1) is 11.9. The van der Waals surface area contributed by atoms with E-state index in [1.165, 1.54) is 6.07 Å². The normalized spacial score (nSPS) is 31.4. The van der Waals surface area contributed by atoms with Gasteiger partial charge >= 0.3 is 0 Å². The molecule has 0 radical (unpaired) electrons. The number of ether oxygens (including phenoxy) is 1. The van der Waals surface area contributed by atoms with Crippen LogP contribution in [0.1, 0.15) is 24.4 Å². The van der Waals surface area contributed by atoms with Crippen LogP contribution in [0.5, 0.6) is 5.75 Å². The second kappa shape index (κ2) is 4.21. The molecule has 1 aromatic rings. The Labute approximate surface area is 107 Å². The van der Waals surface area contributed by atoms with Gasteiger partial charge in [0, 0.05) is 37.5 Å². The Balaban J connectivity index is 1.97. The van der Waals surface area contributed by atoms with Crippen LogP contribution in [0.4, 0.5) is 4.39 Å². The van der Waals surface area contributed by atoms with E-state index in [0.29, 0.717) is 0 Å². The Morgan fingerprint density at radius 1 is 1.50 bits per heavy atom. The first-order valence-corrected chi connectivity index (χ1v) is 6.46. The number of likely N-dealkylation sites (tertiary alicyclic amines) is 1. The average molecular weight is 250 g/mol. The average Bonchev–Trinajstić information content (AvgIpc) is 2.70. The summed E-state index contributed by atoms with van der Waals surface area (Å²) < 4.78 is 19.5. The summed E-state index contributed by atoms with van der Waals surface area (Å²) in [6, 6.07) is 5.00. The number of halogens is 1. The van der Waals surface area contributed by atoms with Crippen molar-refractivity contribution in [2.45, 2.75) is 24.5 Å². The molecule has 2 atom stereocenters. The maximum absolute atomic E-state index is 13.3. The van der Waals surface area contributed by atoms with Gasteiger partial charge in [-0.3, -0.25) is 0 Å². The highest BCUT2D eigenvalue weighted by atomic mass is 19.1. The van der Waals surface area contributed by atoms with Crippen molar-refractivity contribution in [2.75, 3.05) is 27.2 Å². The van der Waals surface area contributed by atoms with Gasteiger partial charge < -0.3 is 15.0 Å². The van der Waals surface area contributed by atoms with Crippen LogP contribution in [0, 0.1) is 5.82 Å². The van der Waals surface area contributed by atoms with Gasteiger partial charge in [0.2, 0.25) is 0 Å². The first-order chi connectivity index (χ1) is 8.62. The molecule has 3 nitrogen and oxygen atoms in total. The standard InChI is InChI=1S/C14H19FN2O/c1-16-12-8-14(5-6-17(2)9-14)18-13-4-3-10(15)7-11(12)13/h3-4,7,12,16H,5-6,8-9H2,1-2H3. The maximum atomic E-state index is 13.3. The smallest absolute Gasteiger partial charge is 0.125 e. The van der Waals surface area contributed by atoms with Crippen molar-refractivity contribution in [1.82, 2.24) is 10.2 Å². The number of fused-ring (bicyclic) bond motifs is 1. The Morgan fingerprint density at radius 2 is 2.33 bits per heavy atom. The summed E-state index contributed by atoms with van der Waals surface area (Å²) in [5, 5.41) is 3.29. The highest BCUT2D eigenvalue weighted by molar-refractivity contribution is 5.39. The third-order valence-electron chi connectivity index (χ3n) is 4.11. The van der Waals surface area contributed by atoms with Crippen molar-refractivity contribution in [3.8, 4) is 5.75 Å². The van der Waals surface area contributed by atoms with E-state index in [4.69, 9.17) is 4.74 Å². The lowest BCUT2D eigenvalue weighted by Crippen LogP contribution is -2.45. The van der Waals surface area contributed by atoms with Gasteiger partial charge in [0.25, 0.3) is 0 Å². The summed E-state index contributed by atoms with van der Waals surface area (Å²) in [6.07, 6.45) is 1.95. The minimum atomic E-state index is -0.197. The van der Waals surface area contributed by atoms with Gasteiger partial charge in [-0.1, -0.05) is 0 Å². The zero-order valence-corrected chi connectivity index (χ0v) is 10.9. The van der Waals surface area contributed by atoms with Gasteiger partial charge in [-0.15, -0.1) is 0 Å². The number of rotatable bonds is 1. The quantitative estimate of drug-likeness (QED) is 0.824. The Bertz CT molecular complexity index is 465. The summed E-state index contributed by atoms with van der Waals surface area (Å²) in [4.78, 5) is 2.29. The van der Waals surface area contributed by atoms with Gasteiger partial charge in [-0.05, 0) is 32.3 Å². The van der Waals surface area contributed by atoms with Crippen molar-refractivity contribution in [1.29, 1.82) is 0 Å². The number of hydrogen-bond acceptors (Lipinski definition) is 3. The van der Waals surface area contributed by atoms with Gasteiger partial charge in [-0.2, -0.15) is 0 Å². The van der Waals surface area contributed by atoms with E-state index in [0.717, 1.165) is 37.2 Å². The van der Waals surface area contributed by atoms with Crippen LogP contribution in [0.15, 0.2) is 18.2 Å². The monoisotopic (exact) mass is 250 g/mol. The van der Waals surface area contributed by atoms with Gasteiger partial charge in [0.1, 0.15) is 17.2 Å². The molecular formula is C14H19FN2O. The summed E-state index contributed by atoms with van der Waals surface area (Å²) in [5.74, 6) is 0.634. The molecule has 0 amide bonds. The summed E-state index contributed by atoms with van der Waals surface area (Å²) >= 11 is 0. The number of benzene rings is 1. The lowest BCUT2D eigenvalue weighted by molar-refractivity contribution is 0.0417. The molecule has 1 N–H and O–H groups in total. The molecular weight excluding hydrogens is 231 g/mol. The molecule has 2 aliphatic rings. The van der Waals surface area contributed by atoms with Crippen molar-refractivity contribution < 1.29 is 9.13 Å². The van der Waals surface area contributed by atoms with Crippen molar-refractivity contribution in [2.24, 2.45) is 0 Å². The molecule has 98 valence electrons. The van der Waals surface area contributed by atoms with Crippen LogP contribution in [0.25, 0.3) is 0 Å². The second-order valence-corrected chi connectivity index (χ2v) is 5.50. The molecule has 0 saturated carbocycles. The topological polar surface area (TPSA) is 24.5 Å². The van der Waals surface area contributed by atoms with E-state index in [1.54, 1.807) is 12.1 Å². The van der Waals surface area contributed by atoms with Crippen LogP contribution in [0.3, 0.4) is 0 Å². The fourth-order valence-corrected chi connectivity index (χ4v) is 3.19. The van der Waals surface area contributed by atoms with Crippen molar-refractivity contribution in [3.05, 3.63) is 29.6 Å². The number of nitrogens with one attached hydrogen (secondary N) is 1. The highest BCUT2D eigenvalue weighted by Gasteiger charge is 2.44. The molecule has 0 bridgehead atoms. The Hall–Kier alpha value is -1.13. The van der Waals surface area contributed by atoms with Crippen molar-refractivity contribution in [3.63, 3.8) is 0 Å². The largest absolute Gasteiger partial charge is 0.485 e. The molecule has 1 aromatic carbocycles. The zero-order valence-electron chi connectivity index (χ0n) is 10.9. The molecule has 0 aromatic heterocycles. The number of hydrogen-bond donors (Lipinski definition) is 1. The molecule has 1 spiro atoms. The van der Waals surface area contributed by atoms with Crippen LogP contribution in [-0.4, -0.2) is 37.7 Å². The molecule has 2 aliphatic heterocycles. The molecule has 1 saturated heterocycles. The van der Waals surface area contributed by atoms with Gasteiger partial charge in [0.05, 0.1) is 0 Å². The van der Waals surface area contributed by atoms with Crippen LogP contribution in [0.2, 0.25) is 0 Å². The number of nitrogens with zero attached hydrogens (tertiary/aromatic N) is 1. The van der Waals surface area contributed by atoms with Crippen molar-refractivity contribution >= 4 is 0 Å². The molecule has 2 heterocycles. The highest BCUT2D eigenvalue weighted by Crippen LogP contribution is 2.43. The van der Waals surface area contributed by atoms with Crippen LogP contribution >= 0.6 is 0 Å². The Morgan fingerprint density at radius 3 is 3.00 bits per heavy atom. The van der Waals surface area contributed by atoms with E-state index in [-0.39, 0.29) is 17.5 Å². The van der Waals surface area contributed by atoms with Crippen LogP contribution < -0.4 is 10.1 Å². The first-order valence-electron chi connectivity index (χ1n) is 6.46. The fraction of sp³-hybridized carbons (Fsp3) is 0.571. The summed E-state index contributed by atoms with van der Waals surface area (Å²) in [7, 11) is 4.05.